The number of hydrogen-bond donors (Lipinski definition) is 5. The predicted octanol–water partition coefficient (Wildman–Crippen LogP) is 4.24. The zero-order valence-electron chi connectivity index (χ0n) is 29.9. The van der Waals surface area contributed by atoms with Crippen molar-refractivity contribution in [1.82, 2.24) is 19.3 Å². The van der Waals surface area contributed by atoms with Gasteiger partial charge >= 0.3 is 14.5 Å². The number of halogens is 1. The number of benzene rings is 2. The highest BCUT2D eigenvalue weighted by atomic mass is 35.7. The lowest BCUT2D eigenvalue weighted by molar-refractivity contribution is 0.126. The molecule has 2 fully saturated rings. The second-order valence-corrected chi connectivity index (χ2v) is 15.1. The minimum Gasteiger partial charge on any atom is -0.395 e. The SMILES string of the molecule is OCCNCCO.[2H]C1([2H])CCN(C(C)c2ccccc2)P(=O)(Cl)O1.[2H]C1([2H])CCN(C(C)c2ccccc2)P(=O)(N(CCO)CCO)O1. The molecule has 0 aliphatic carbocycles. The molecule has 4 atom stereocenters. The topological polar surface area (TPSA) is 155 Å². The molecule has 45 heavy (non-hydrogen) atoms. The highest BCUT2D eigenvalue weighted by molar-refractivity contribution is 7.83. The Morgan fingerprint density at radius 3 is 1.69 bits per heavy atom. The van der Waals surface area contributed by atoms with Gasteiger partial charge in [-0.05, 0) is 49.1 Å². The van der Waals surface area contributed by atoms with Crippen LogP contribution in [0.2, 0.25) is 0 Å². The van der Waals surface area contributed by atoms with E-state index in [4.69, 9.17) is 36.0 Å². The Bertz CT molecular complexity index is 1320. The smallest absolute Gasteiger partial charge is 0.363 e. The van der Waals surface area contributed by atoms with E-state index in [1.54, 1.807) is 4.67 Å². The van der Waals surface area contributed by atoms with Gasteiger partial charge in [0.1, 0.15) is 0 Å². The maximum Gasteiger partial charge on any atom is 0.363 e. The summed E-state index contributed by atoms with van der Waals surface area (Å²) in [5.74, 6) is 0. The number of rotatable bonds is 13. The fraction of sp³-hybridized carbons (Fsp3) is 0.600. The summed E-state index contributed by atoms with van der Waals surface area (Å²) in [6.45, 7) is -2.22. The Morgan fingerprint density at radius 1 is 0.800 bits per heavy atom. The standard InChI is InChI=1S/C15H25N2O4P.C11H15ClNO2P.C4H11NO2/c1-14(15-6-3-2-4-7-15)17-8-5-13-21-22(17,20)16(9-11-18)10-12-19;1-10(11-6-3-2-4-7-11)13-8-5-9-15-16(13,12)14;6-3-1-5-2-4-7/h2-4,6-7,14,18-19H,5,8-13H2,1H3;2-4,6-7,10H,5,8-9H2,1H3;5-7H,1-4H2/i13D2;9D2;. The molecule has 2 saturated heterocycles. The highest BCUT2D eigenvalue weighted by Crippen LogP contribution is 2.61. The number of hydrogen-bond acceptors (Lipinski definition) is 9. The summed E-state index contributed by atoms with van der Waals surface area (Å²) < 4.78 is 71.4. The largest absolute Gasteiger partial charge is 0.395 e. The second kappa shape index (κ2) is 21.6. The van der Waals surface area contributed by atoms with Crippen molar-refractivity contribution in [2.45, 2.75) is 38.8 Å². The quantitative estimate of drug-likeness (QED) is 0.150. The van der Waals surface area contributed by atoms with E-state index in [0.29, 0.717) is 19.6 Å². The average molecular weight is 697 g/mol. The molecule has 4 rings (SSSR count). The van der Waals surface area contributed by atoms with Gasteiger partial charge in [0.25, 0.3) is 0 Å². The van der Waals surface area contributed by atoms with Gasteiger partial charge in [-0.15, -0.1) is 0 Å². The van der Waals surface area contributed by atoms with Crippen LogP contribution >= 0.6 is 25.8 Å². The molecular weight excluding hydrogens is 642 g/mol. The van der Waals surface area contributed by atoms with E-state index in [1.807, 2.05) is 74.5 Å². The summed E-state index contributed by atoms with van der Waals surface area (Å²) >= 11 is 5.89. The molecule has 256 valence electrons. The number of aliphatic hydroxyl groups excluding tert-OH is 4. The fourth-order valence-electron chi connectivity index (χ4n) is 4.65. The Hall–Kier alpha value is -1.21. The van der Waals surface area contributed by atoms with Crippen LogP contribution in [0, 0.1) is 0 Å². The van der Waals surface area contributed by atoms with Crippen LogP contribution in [0.25, 0.3) is 0 Å². The minimum absolute atomic E-state index is 0.0337. The van der Waals surface area contributed by atoms with Crippen LogP contribution in [-0.4, -0.2) is 113 Å². The first kappa shape index (κ1) is 33.7. The molecule has 2 aromatic carbocycles. The monoisotopic (exact) mass is 696 g/mol. The first-order chi connectivity index (χ1) is 23.1. The van der Waals surface area contributed by atoms with Gasteiger partial charge in [-0.2, -0.15) is 0 Å². The van der Waals surface area contributed by atoms with Crippen LogP contribution in [0.3, 0.4) is 0 Å². The van der Waals surface area contributed by atoms with Crippen LogP contribution in [0.5, 0.6) is 0 Å². The van der Waals surface area contributed by atoms with Crippen molar-refractivity contribution >= 4 is 25.8 Å². The Morgan fingerprint density at radius 2 is 1.24 bits per heavy atom. The Labute approximate surface area is 278 Å². The van der Waals surface area contributed by atoms with E-state index < -0.39 is 27.7 Å². The lowest BCUT2D eigenvalue weighted by atomic mass is 10.1. The average Bonchev–Trinajstić information content (AvgIpc) is 3.04. The molecule has 0 bridgehead atoms. The summed E-state index contributed by atoms with van der Waals surface area (Å²) in [6, 6.07) is 18.6. The summed E-state index contributed by atoms with van der Waals surface area (Å²) in [6.07, 6.45) is 0.251. The molecule has 0 saturated carbocycles. The summed E-state index contributed by atoms with van der Waals surface area (Å²) in [5, 5.41) is 37.6. The maximum absolute atomic E-state index is 13.6. The van der Waals surface area contributed by atoms with E-state index in [1.165, 1.54) is 9.34 Å². The van der Waals surface area contributed by atoms with Crippen molar-refractivity contribution in [1.29, 1.82) is 0 Å². The van der Waals surface area contributed by atoms with Crippen molar-refractivity contribution in [2.75, 3.05) is 78.8 Å². The highest BCUT2D eigenvalue weighted by Gasteiger charge is 2.43. The van der Waals surface area contributed by atoms with E-state index in [2.05, 4.69) is 5.32 Å². The zero-order valence-corrected chi connectivity index (χ0v) is 28.5. The number of nitrogens with one attached hydrogen (secondary N) is 1. The second-order valence-electron chi connectivity index (χ2n) is 10.0. The Kier molecular flexibility index (Phi) is 16.2. The van der Waals surface area contributed by atoms with Gasteiger partial charge < -0.3 is 34.8 Å². The van der Waals surface area contributed by atoms with Crippen molar-refractivity contribution < 1.29 is 44.1 Å². The van der Waals surface area contributed by atoms with E-state index in [0.717, 1.165) is 11.1 Å². The van der Waals surface area contributed by atoms with Gasteiger partial charge in [-0.1, -0.05) is 60.7 Å². The molecule has 15 heteroatoms. The molecule has 0 radical (unpaired) electrons. The van der Waals surface area contributed by atoms with Crippen molar-refractivity contribution in [2.24, 2.45) is 0 Å². The summed E-state index contributed by atoms with van der Waals surface area (Å²) in [7, 11) is -3.74. The van der Waals surface area contributed by atoms with Gasteiger partial charge in [0.2, 0.25) is 0 Å². The van der Waals surface area contributed by atoms with E-state index >= 15 is 0 Å². The van der Waals surface area contributed by atoms with Gasteiger partial charge in [0.15, 0.2) is 0 Å². The van der Waals surface area contributed by atoms with Gasteiger partial charge in [0, 0.05) is 51.4 Å². The molecule has 12 nitrogen and oxygen atoms in total. The molecule has 5 N–H and O–H groups in total. The van der Waals surface area contributed by atoms with Crippen LogP contribution in [-0.2, 0) is 18.2 Å². The molecule has 2 aliphatic rings. The van der Waals surface area contributed by atoms with Crippen molar-refractivity contribution in [3.05, 3.63) is 71.8 Å². The zero-order chi connectivity index (χ0) is 36.7. The first-order valence-electron chi connectivity index (χ1n) is 16.9. The fourth-order valence-corrected chi connectivity index (χ4v) is 9.07. The molecular formula is C30H51ClN4O8P2. The molecule has 4 unspecified atom stereocenters. The lowest BCUT2D eigenvalue weighted by Gasteiger charge is -2.43. The normalized spacial score (nSPS) is 27.3. The lowest BCUT2D eigenvalue weighted by Crippen LogP contribution is -2.40. The molecule has 2 heterocycles. The third-order valence-electron chi connectivity index (χ3n) is 6.99. The third-order valence-corrected chi connectivity index (χ3v) is 12.0. The Balaban J connectivity index is 0.000000293. The van der Waals surface area contributed by atoms with Gasteiger partial charge in [-0.3, -0.25) is 9.13 Å². The third kappa shape index (κ3) is 12.7. The van der Waals surface area contributed by atoms with Crippen LogP contribution in [0.15, 0.2) is 60.7 Å². The molecule has 0 spiro atoms. The van der Waals surface area contributed by atoms with E-state index in [-0.39, 0.29) is 71.0 Å². The maximum atomic E-state index is 13.6. The van der Waals surface area contributed by atoms with Crippen LogP contribution in [0.1, 0.15) is 55.4 Å². The molecule has 0 aromatic heterocycles. The van der Waals surface area contributed by atoms with Crippen molar-refractivity contribution in [3.8, 4) is 0 Å². The van der Waals surface area contributed by atoms with Crippen LogP contribution < -0.4 is 5.32 Å². The molecule has 0 amide bonds. The minimum atomic E-state index is -3.74. The number of aliphatic hydroxyl groups is 4. The van der Waals surface area contributed by atoms with Crippen molar-refractivity contribution in [3.63, 3.8) is 0 Å². The number of nitrogens with zero attached hydrogens (tertiary/aromatic N) is 3. The van der Waals surface area contributed by atoms with E-state index in [9.17, 15) is 19.3 Å². The summed E-state index contributed by atoms with van der Waals surface area (Å²) in [4.78, 5) is 0. The predicted molar refractivity (Wildman–Crippen MR) is 178 cm³/mol. The first-order valence-corrected chi connectivity index (χ1v) is 18.9. The van der Waals surface area contributed by atoms with Crippen LogP contribution in [0.4, 0.5) is 0 Å². The molecule has 2 aromatic rings. The summed E-state index contributed by atoms with van der Waals surface area (Å²) in [5.41, 5.74) is 1.92. The molecule has 2 aliphatic heterocycles. The van der Waals surface area contributed by atoms with Gasteiger partial charge in [0.05, 0.1) is 45.0 Å². The van der Waals surface area contributed by atoms with Gasteiger partial charge in [-0.25, -0.2) is 14.0 Å².